The molecule has 63 heavy (non-hydrogen) atoms. The van der Waals surface area contributed by atoms with Crippen molar-refractivity contribution in [3.8, 4) is 22.6 Å². The lowest BCUT2D eigenvalue weighted by atomic mass is 10.1. The first-order valence-electron chi connectivity index (χ1n) is 19.3. The predicted octanol–water partition coefficient (Wildman–Crippen LogP) is 5.08. The van der Waals surface area contributed by atoms with E-state index in [0.29, 0.717) is 11.1 Å². The number of phosphoric acid groups is 1. The molecule has 8 atom stereocenters. The van der Waals surface area contributed by atoms with Gasteiger partial charge in [-0.25, -0.2) is 33.7 Å². The number of phosphoric ester groups is 1. The number of phenols is 1. The van der Waals surface area contributed by atoms with E-state index >= 15 is 0 Å². The highest BCUT2D eigenvalue weighted by molar-refractivity contribution is 8.54. The van der Waals surface area contributed by atoms with E-state index in [1.54, 1.807) is 54.6 Å². The minimum atomic E-state index is -4.91. The van der Waals surface area contributed by atoms with Crippen LogP contribution in [0.25, 0.3) is 22.3 Å². The topological polar surface area (TPSA) is 281 Å². The lowest BCUT2D eigenvalue weighted by Gasteiger charge is -2.26. The normalized spacial score (nSPS) is 27.5. The Balaban J connectivity index is 0.996. The standard InChI is InChI=1S/C39H37N7O14P2S/c40-34-33-35(42-20-41-34)46(21-43-33)37-30-14-27(56-37)17-55-62(53,63-19-22-6-12-26(13-7-22)57-38(49)24-8-10-25(47)11-9-24)60-29-15-32(58-31(29)18-54-61(51,52)59-30)45-16-28(36(48)44-39(45)50)23-4-2-1-3-5-23/h1-13,16,20-21,27,29-32,37,47H,14-15,17-19H2,(H,51,52)(H2,40,41,42)(H,44,48,50)/t27-,29-,30+,31+,32+,37+,62?/m0/s1. The lowest BCUT2D eigenvalue weighted by Crippen LogP contribution is -2.33. The highest BCUT2D eigenvalue weighted by Gasteiger charge is 2.48. The number of carbonyl (C=O) groups excluding carboxylic acids is 1. The second-order valence-electron chi connectivity index (χ2n) is 14.6. The molecule has 21 nitrogen and oxygen atoms in total. The second kappa shape index (κ2) is 17.6. The van der Waals surface area contributed by atoms with Gasteiger partial charge in [0.25, 0.3) is 5.56 Å². The highest BCUT2D eigenvalue weighted by Crippen LogP contribution is 2.64. The molecule has 0 radical (unpaired) electrons. The number of hydrogen-bond acceptors (Lipinski definition) is 18. The number of rotatable bonds is 8. The van der Waals surface area contributed by atoms with E-state index in [9.17, 15) is 33.5 Å². The zero-order chi connectivity index (χ0) is 43.9. The monoisotopic (exact) mass is 921 g/mol. The molecular weight excluding hydrogens is 884 g/mol. The van der Waals surface area contributed by atoms with Crippen molar-refractivity contribution in [1.29, 1.82) is 0 Å². The molecule has 0 saturated carbocycles. The van der Waals surface area contributed by atoms with E-state index in [2.05, 4.69) is 19.9 Å². The number of nitrogen functional groups attached to an aromatic ring is 1. The number of fused-ring (bicyclic) bond motifs is 4. The molecule has 24 heteroatoms. The predicted molar refractivity (Wildman–Crippen MR) is 223 cm³/mol. The molecular formula is C39H37N7O14P2S. The minimum absolute atomic E-state index is 0.00188. The maximum Gasteiger partial charge on any atom is 0.472 e. The van der Waals surface area contributed by atoms with Gasteiger partial charge in [0.15, 0.2) is 17.7 Å². The quantitative estimate of drug-likeness (QED) is 0.0879. The highest BCUT2D eigenvalue weighted by atomic mass is 32.7. The van der Waals surface area contributed by atoms with Crippen molar-refractivity contribution in [2.75, 3.05) is 18.9 Å². The van der Waals surface area contributed by atoms with E-state index in [4.69, 9.17) is 38.0 Å². The first-order chi connectivity index (χ1) is 30.3. The third kappa shape index (κ3) is 9.41. The van der Waals surface area contributed by atoms with Crippen LogP contribution in [0, 0.1) is 0 Å². The van der Waals surface area contributed by atoms with E-state index in [1.807, 2.05) is 0 Å². The van der Waals surface area contributed by atoms with Crippen molar-refractivity contribution in [1.82, 2.24) is 29.1 Å². The third-order valence-corrected chi connectivity index (χ3v) is 15.0. The van der Waals surface area contributed by atoms with Crippen molar-refractivity contribution in [2.45, 2.75) is 55.5 Å². The van der Waals surface area contributed by atoms with Crippen molar-refractivity contribution in [3.63, 3.8) is 0 Å². The number of ether oxygens (including phenoxy) is 3. The Labute approximate surface area is 360 Å². The van der Waals surface area contributed by atoms with Gasteiger partial charge >= 0.3 is 26.3 Å². The smallest absolute Gasteiger partial charge is 0.472 e. The number of carbonyl (C=O) groups is 1. The van der Waals surface area contributed by atoms with Gasteiger partial charge in [-0.1, -0.05) is 42.5 Å². The van der Waals surface area contributed by atoms with Crippen LogP contribution in [-0.4, -0.2) is 82.7 Å². The average molecular weight is 922 g/mol. The van der Waals surface area contributed by atoms with Crippen molar-refractivity contribution >= 4 is 49.0 Å². The summed E-state index contributed by atoms with van der Waals surface area (Å²) in [5, 5.41) is 9.54. The number of nitrogens with one attached hydrogen (secondary N) is 1. The Morgan fingerprint density at radius 2 is 1.67 bits per heavy atom. The Morgan fingerprint density at radius 1 is 0.889 bits per heavy atom. The van der Waals surface area contributed by atoms with Gasteiger partial charge in [0.1, 0.15) is 47.9 Å². The molecule has 328 valence electrons. The molecule has 5 N–H and O–H groups in total. The van der Waals surface area contributed by atoms with Crippen LogP contribution in [0.4, 0.5) is 5.82 Å². The van der Waals surface area contributed by atoms with Crippen LogP contribution >= 0.6 is 26.0 Å². The number of H-pyrrole nitrogens is 1. The molecule has 3 aliphatic rings. The molecule has 6 heterocycles. The summed E-state index contributed by atoms with van der Waals surface area (Å²) in [5.41, 5.74) is 6.65. The molecule has 2 unspecified atom stereocenters. The number of aromatic hydroxyl groups is 1. The molecule has 3 saturated heterocycles. The summed E-state index contributed by atoms with van der Waals surface area (Å²) in [7, 11) is -4.91. The summed E-state index contributed by atoms with van der Waals surface area (Å²) in [5.74, 6) is -0.239. The fourth-order valence-electron chi connectivity index (χ4n) is 7.25. The largest absolute Gasteiger partial charge is 0.508 e. The number of nitrogens with two attached hydrogens (primary N) is 1. The molecule has 3 fully saturated rings. The number of nitrogens with zero attached hydrogens (tertiary/aromatic N) is 5. The van der Waals surface area contributed by atoms with E-state index in [0.717, 1.165) is 15.9 Å². The van der Waals surface area contributed by atoms with Crippen molar-refractivity contribution in [3.05, 3.63) is 130 Å². The van der Waals surface area contributed by atoms with Gasteiger partial charge in [-0.2, -0.15) is 0 Å². The SMILES string of the molecule is Nc1ncnc2c1ncn2[C@@H]1O[C@@H]2COP(=O)(SCc3ccc(OC(=O)c4ccc(O)cc4)cc3)O[C@H]3C[C@H](n4cc(-c5ccccc5)c(=O)[nH]c4=O)O[C@@H]3COP(=O)(O)O[C@@H]1C2. The van der Waals surface area contributed by atoms with Gasteiger partial charge in [0, 0.05) is 24.8 Å². The number of benzene rings is 3. The number of aromatic nitrogens is 6. The Morgan fingerprint density at radius 3 is 2.44 bits per heavy atom. The molecule has 3 aromatic carbocycles. The maximum absolute atomic E-state index is 15.0. The first-order valence-corrected chi connectivity index (χ1v) is 23.9. The van der Waals surface area contributed by atoms with Gasteiger partial charge in [-0.15, -0.1) is 0 Å². The van der Waals surface area contributed by atoms with Crippen LogP contribution < -0.4 is 21.7 Å². The fourth-order valence-corrected chi connectivity index (χ4v) is 11.6. The van der Waals surface area contributed by atoms with Gasteiger partial charge in [0.05, 0.1) is 36.8 Å². The summed E-state index contributed by atoms with van der Waals surface area (Å²) in [6.45, 7) is -5.23. The zero-order valence-electron chi connectivity index (χ0n) is 32.6. The zero-order valence-corrected chi connectivity index (χ0v) is 35.3. The van der Waals surface area contributed by atoms with Gasteiger partial charge in [-0.3, -0.25) is 37.0 Å². The van der Waals surface area contributed by atoms with Gasteiger partial charge in [0.2, 0.25) is 0 Å². The number of anilines is 1. The summed E-state index contributed by atoms with van der Waals surface area (Å²) >= 11 is 0.836. The molecule has 0 amide bonds. The molecule has 0 aliphatic carbocycles. The molecule has 3 aromatic heterocycles. The van der Waals surface area contributed by atoms with E-state index in [1.165, 1.54) is 47.7 Å². The van der Waals surface area contributed by atoms with Gasteiger partial charge in [-0.05, 0) is 58.9 Å². The number of esters is 1. The van der Waals surface area contributed by atoms with E-state index < -0.39 is 75.3 Å². The van der Waals surface area contributed by atoms with Crippen LogP contribution in [-0.2, 0) is 42.5 Å². The summed E-state index contributed by atoms with van der Waals surface area (Å²) in [4.78, 5) is 64.7. The third-order valence-electron chi connectivity index (χ3n) is 10.3. The van der Waals surface area contributed by atoms with Crippen LogP contribution in [0.2, 0.25) is 0 Å². The van der Waals surface area contributed by atoms with Crippen LogP contribution in [0.1, 0.15) is 41.2 Å². The fraction of sp³-hybridized carbons (Fsp3) is 0.282. The van der Waals surface area contributed by atoms with Crippen molar-refractivity contribution < 1.29 is 56.2 Å². The molecule has 3 aliphatic heterocycles. The summed E-state index contributed by atoms with van der Waals surface area (Å²) < 4.78 is 72.8. The number of aromatic amines is 1. The van der Waals surface area contributed by atoms with Crippen LogP contribution in [0.15, 0.2) is 107 Å². The summed E-state index contributed by atoms with van der Waals surface area (Å²) in [6.07, 6.45) is -2.89. The van der Waals surface area contributed by atoms with Crippen LogP contribution in [0.5, 0.6) is 11.5 Å². The van der Waals surface area contributed by atoms with E-state index in [-0.39, 0.29) is 64.8 Å². The first kappa shape index (κ1) is 42.8. The lowest BCUT2D eigenvalue weighted by molar-refractivity contribution is -0.0634. The van der Waals surface area contributed by atoms with Gasteiger partial charge < -0.3 is 29.9 Å². The molecule has 2 bridgehead atoms. The second-order valence-corrected chi connectivity index (χ2v) is 20.0. The minimum Gasteiger partial charge on any atom is -0.508 e. The molecule has 6 aromatic rings. The Hall–Kier alpha value is -5.51. The molecule has 0 spiro atoms. The summed E-state index contributed by atoms with van der Waals surface area (Å²) in [6, 6.07) is 20.7. The Bertz CT molecular complexity index is 2870. The average Bonchev–Trinajstić information content (AvgIpc) is 3.99. The Kier molecular flexibility index (Phi) is 11.9. The van der Waals surface area contributed by atoms with Crippen LogP contribution in [0.3, 0.4) is 0 Å². The van der Waals surface area contributed by atoms with Crippen molar-refractivity contribution in [2.24, 2.45) is 0 Å². The molecule has 9 rings (SSSR count). The number of phenolic OH excluding ortho intramolecular Hbond substituents is 1. The number of imidazole rings is 1. The number of hydrogen-bond donors (Lipinski definition) is 4. The maximum atomic E-state index is 15.0.